The van der Waals surface area contributed by atoms with E-state index in [0.29, 0.717) is 5.92 Å². The molecular weight excluding hydrogens is 222 g/mol. The van der Waals surface area contributed by atoms with Crippen LogP contribution in [0, 0.1) is 5.92 Å². The van der Waals surface area contributed by atoms with Gasteiger partial charge in [0.2, 0.25) is 0 Å². The Morgan fingerprint density at radius 3 is 2.75 bits per heavy atom. The van der Waals surface area contributed by atoms with Crippen molar-refractivity contribution in [3.63, 3.8) is 0 Å². The van der Waals surface area contributed by atoms with Crippen LogP contribution in [-0.2, 0) is 11.2 Å². The van der Waals surface area contributed by atoms with Gasteiger partial charge in [0.1, 0.15) is 0 Å². The first kappa shape index (κ1) is 13.5. The fraction of sp³-hybridized carbons (Fsp3) is 0.538. The molecule has 3 heteroatoms. The summed E-state index contributed by atoms with van der Waals surface area (Å²) in [5, 5.41) is 4.20. The summed E-state index contributed by atoms with van der Waals surface area (Å²) in [4.78, 5) is 0. The number of halogens is 1. The quantitative estimate of drug-likeness (QED) is 0.793. The second-order valence-electron chi connectivity index (χ2n) is 3.92. The van der Waals surface area contributed by atoms with Crippen molar-refractivity contribution in [3.05, 3.63) is 34.9 Å². The maximum Gasteiger partial charge on any atom is 0.0505 e. The molecular formula is C13H20ClNO. The SMILES string of the molecule is CCNCC(COC)Cc1ccccc1Cl. The molecule has 1 atom stereocenters. The Balaban J connectivity index is 2.56. The van der Waals surface area contributed by atoms with E-state index in [1.54, 1.807) is 7.11 Å². The lowest BCUT2D eigenvalue weighted by atomic mass is 10.00. The van der Waals surface area contributed by atoms with Crippen molar-refractivity contribution in [2.24, 2.45) is 5.92 Å². The maximum atomic E-state index is 6.14. The maximum absolute atomic E-state index is 6.14. The molecule has 1 aromatic rings. The van der Waals surface area contributed by atoms with Gasteiger partial charge in [-0.3, -0.25) is 0 Å². The Morgan fingerprint density at radius 2 is 2.12 bits per heavy atom. The highest BCUT2D eigenvalue weighted by molar-refractivity contribution is 6.31. The predicted molar refractivity (Wildman–Crippen MR) is 69.1 cm³/mol. The van der Waals surface area contributed by atoms with Gasteiger partial charge in [-0.1, -0.05) is 36.7 Å². The van der Waals surface area contributed by atoms with Crippen LogP contribution in [0.2, 0.25) is 5.02 Å². The first-order valence-electron chi connectivity index (χ1n) is 5.71. The van der Waals surface area contributed by atoms with Gasteiger partial charge in [0, 0.05) is 18.7 Å². The molecule has 0 saturated heterocycles. The largest absolute Gasteiger partial charge is 0.384 e. The molecule has 0 spiro atoms. The van der Waals surface area contributed by atoms with Crippen LogP contribution in [0.25, 0.3) is 0 Å². The lowest BCUT2D eigenvalue weighted by Gasteiger charge is -2.17. The van der Waals surface area contributed by atoms with E-state index in [1.165, 1.54) is 5.56 Å². The fourth-order valence-corrected chi connectivity index (χ4v) is 1.96. The minimum absolute atomic E-state index is 0.477. The highest BCUT2D eigenvalue weighted by Crippen LogP contribution is 2.18. The predicted octanol–water partition coefficient (Wildman–Crippen LogP) is 2.75. The summed E-state index contributed by atoms with van der Waals surface area (Å²) in [5.41, 5.74) is 1.20. The van der Waals surface area contributed by atoms with Crippen molar-refractivity contribution >= 4 is 11.6 Å². The zero-order chi connectivity index (χ0) is 11.8. The van der Waals surface area contributed by atoms with Gasteiger partial charge in [0.05, 0.1) is 6.61 Å². The number of hydrogen-bond donors (Lipinski definition) is 1. The Morgan fingerprint density at radius 1 is 1.38 bits per heavy atom. The minimum Gasteiger partial charge on any atom is -0.384 e. The molecule has 0 radical (unpaired) electrons. The van der Waals surface area contributed by atoms with Gasteiger partial charge in [0.15, 0.2) is 0 Å². The molecule has 2 nitrogen and oxygen atoms in total. The highest BCUT2D eigenvalue weighted by Gasteiger charge is 2.10. The zero-order valence-corrected chi connectivity index (χ0v) is 10.8. The van der Waals surface area contributed by atoms with E-state index in [0.717, 1.165) is 31.1 Å². The Bertz CT molecular complexity index is 304. The molecule has 0 fully saturated rings. The van der Waals surface area contributed by atoms with E-state index < -0.39 is 0 Å². The Labute approximate surface area is 103 Å². The van der Waals surface area contributed by atoms with Crippen molar-refractivity contribution in [2.75, 3.05) is 26.8 Å². The molecule has 0 bridgehead atoms. The standard InChI is InChI=1S/C13H20ClNO/c1-3-15-9-11(10-16-2)8-12-6-4-5-7-13(12)14/h4-7,11,15H,3,8-10H2,1-2H3. The molecule has 0 saturated carbocycles. The van der Waals surface area contributed by atoms with Gasteiger partial charge >= 0.3 is 0 Å². The molecule has 1 aromatic carbocycles. The van der Waals surface area contributed by atoms with E-state index in [1.807, 2.05) is 18.2 Å². The number of methoxy groups -OCH3 is 1. The van der Waals surface area contributed by atoms with Crippen LogP contribution in [0.4, 0.5) is 0 Å². The Hall–Kier alpha value is -0.570. The van der Waals surface area contributed by atoms with Crippen LogP contribution in [-0.4, -0.2) is 26.8 Å². The van der Waals surface area contributed by atoms with E-state index in [9.17, 15) is 0 Å². The molecule has 0 amide bonds. The topological polar surface area (TPSA) is 21.3 Å². The van der Waals surface area contributed by atoms with Crippen LogP contribution >= 0.6 is 11.6 Å². The first-order chi connectivity index (χ1) is 7.77. The molecule has 16 heavy (non-hydrogen) atoms. The molecule has 0 aliphatic heterocycles. The number of benzene rings is 1. The monoisotopic (exact) mass is 241 g/mol. The molecule has 0 aliphatic rings. The summed E-state index contributed by atoms with van der Waals surface area (Å²) in [6.07, 6.45) is 0.959. The third kappa shape index (κ3) is 4.52. The van der Waals surface area contributed by atoms with E-state index in [4.69, 9.17) is 16.3 Å². The van der Waals surface area contributed by atoms with Crippen LogP contribution < -0.4 is 5.32 Å². The normalized spacial score (nSPS) is 12.7. The van der Waals surface area contributed by atoms with Crippen molar-refractivity contribution < 1.29 is 4.74 Å². The minimum atomic E-state index is 0.477. The molecule has 0 aromatic heterocycles. The molecule has 90 valence electrons. The van der Waals surface area contributed by atoms with Gasteiger partial charge in [-0.15, -0.1) is 0 Å². The number of hydrogen-bond acceptors (Lipinski definition) is 2. The van der Waals surface area contributed by atoms with Gasteiger partial charge < -0.3 is 10.1 Å². The average molecular weight is 242 g/mol. The second-order valence-corrected chi connectivity index (χ2v) is 4.33. The molecule has 1 N–H and O–H groups in total. The van der Waals surface area contributed by atoms with Crippen molar-refractivity contribution in [1.82, 2.24) is 5.32 Å². The molecule has 0 heterocycles. The lowest BCUT2D eigenvalue weighted by molar-refractivity contribution is 0.151. The third-order valence-electron chi connectivity index (χ3n) is 2.55. The molecule has 0 aliphatic carbocycles. The van der Waals surface area contributed by atoms with E-state index in [-0.39, 0.29) is 0 Å². The lowest BCUT2D eigenvalue weighted by Crippen LogP contribution is -2.27. The van der Waals surface area contributed by atoms with Crippen LogP contribution in [0.1, 0.15) is 12.5 Å². The van der Waals surface area contributed by atoms with Crippen molar-refractivity contribution in [2.45, 2.75) is 13.3 Å². The fourth-order valence-electron chi connectivity index (χ4n) is 1.75. The average Bonchev–Trinajstić information content (AvgIpc) is 2.29. The zero-order valence-electron chi connectivity index (χ0n) is 10.0. The number of ether oxygens (including phenoxy) is 1. The Kier molecular flexibility index (Phi) is 6.46. The van der Waals surface area contributed by atoms with E-state index in [2.05, 4.69) is 18.3 Å². The molecule has 1 rings (SSSR count). The van der Waals surface area contributed by atoms with Crippen LogP contribution in [0.15, 0.2) is 24.3 Å². The molecule has 1 unspecified atom stereocenters. The van der Waals surface area contributed by atoms with Crippen LogP contribution in [0.3, 0.4) is 0 Å². The third-order valence-corrected chi connectivity index (χ3v) is 2.92. The van der Waals surface area contributed by atoms with Crippen LogP contribution in [0.5, 0.6) is 0 Å². The van der Waals surface area contributed by atoms with E-state index >= 15 is 0 Å². The summed E-state index contributed by atoms with van der Waals surface area (Å²) in [6.45, 7) is 4.83. The van der Waals surface area contributed by atoms with Crippen molar-refractivity contribution in [1.29, 1.82) is 0 Å². The number of rotatable bonds is 7. The second kappa shape index (κ2) is 7.66. The van der Waals surface area contributed by atoms with Gasteiger partial charge in [0.25, 0.3) is 0 Å². The van der Waals surface area contributed by atoms with Crippen molar-refractivity contribution in [3.8, 4) is 0 Å². The smallest absolute Gasteiger partial charge is 0.0505 e. The number of nitrogens with one attached hydrogen (secondary N) is 1. The summed E-state index contributed by atoms with van der Waals surface area (Å²) in [5.74, 6) is 0.477. The summed E-state index contributed by atoms with van der Waals surface area (Å²) < 4.78 is 5.23. The highest BCUT2D eigenvalue weighted by atomic mass is 35.5. The van der Waals surface area contributed by atoms with Gasteiger partial charge in [-0.2, -0.15) is 0 Å². The summed E-state index contributed by atoms with van der Waals surface area (Å²) in [6, 6.07) is 8.00. The summed E-state index contributed by atoms with van der Waals surface area (Å²) in [7, 11) is 1.74. The summed E-state index contributed by atoms with van der Waals surface area (Å²) >= 11 is 6.14. The first-order valence-corrected chi connectivity index (χ1v) is 6.08. The van der Waals surface area contributed by atoms with Gasteiger partial charge in [-0.25, -0.2) is 0 Å². The van der Waals surface area contributed by atoms with Gasteiger partial charge in [-0.05, 0) is 30.5 Å².